The molecule has 0 spiro atoms. The van der Waals surface area contributed by atoms with E-state index in [1.54, 1.807) is 0 Å². The summed E-state index contributed by atoms with van der Waals surface area (Å²) in [5, 5.41) is 10.4. The lowest BCUT2D eigenvalue weighted by atomic mass is 9.96. The third-order valence-electron chi connectivity index (χ3n) is 5.37. The standard InChI is InChI=1S/C21H35N7OS/c1-16-15-17(2)24-19(23-16)26-20(25-18-7-4-3-5-8-18)27-21(30)22-9-6-10-28-11-13-29-14-12-28/h15,18H,3-14H2,1-2H3,(H3,22,23,24,25,26,27,30). The molecule has 2 fully saturated rings. The number of anilines is 1. The van der Waals surface area contributed by atoms with Crippen molar-refractivity contribution in [3.8, 4) is 0 Å². The Kier molecular flexibility index (Phi) is 9.23. The summed E-state index contributed by atoms with van der Waals surface area (Å²) in [4.78, 5) is 16.3. The molecule has 0 atom stereocenters. The largest absolute Gasteiger partial charge is 0.379 e. The van der Waals surface area contributed by atoms with E-state index in [-0.39, 0.29) is 0 Å². The second-order valence-corrected chi connectivity index (χ2v) is 8.47. The lowest BCUT2D eigenvalue weighted by Crippen LogP contribution is -2.44. The first kappa shape index (κ1) is 22.8. The minimum absolute atomic E-state index is 0.309. The number of aryl methyl sites for hydroxylation is 2. The molecule has 1 saturated heterocycles. The summed E-state index contributed by atoms with van der Waals surface area (Å²) in [6, 6.07) is 2.26. The van der Waals surface area contributed by atoms with Crippen LogP contribution in [0, 0.1) is 13.8 Å². The van der Waals surface area contributed by atoms with Crippen molar-refractivity contribution in [3.63, 3.8) is 0 Å². The smallest absolute Gasteiger partial charge is 0.229 e. The van der Waals surface area contributed by atoms with Gasteiger partial charge in [-0.3, -0.25) is 10.2 Å². The number of nitrogens with one attached hydrogen (secondary N) is 3. The molecular formula is C21H35N7OS. The third-order valence-corrected chi connectivity index (χ3v) is 5.62. The number of thiocarbonyl (C=S) groups is 1. The van der Waals surface area contributed by atoms with E-state index in [2.05, 4.69) is 30.8 Å². The van der Waals surface area contributed by atoms with Crippen molar-refractivity contribution < 1.29 is 4.74 Å². The van der Waals surface area contributed by atoms with Crippen LogP contribution in [0.5, 0.6) is 0 Å². The molecule has 1 saturated carbocycles. The van der Waals surface area contributed by atoms with Gasteiger partial charge in [-0.2, -0.15) is 0 Å². The lowest BCUT2D eigenvalue weighted by molar-refractivity contribution is 0.0376. The van der Waals surface area contributed by atoms with Crippen LogP contribution in [-0.4, -0.2) is 71.4 Å². The molecule has 1 aliphatic heterocycles. The van der Waals surface area contributed by atoms with E-state index in [0.717, 1.165) is 70.0 Å². The fraction of sp³-hybridized carbons (Fsp3) is 0.714. The molecule has 0 amide bonds. The fourth-order valence-corrected chi connectivity index (χ4v) is 4.06. The van der Waals surface area contributed by atoms with Crippen LogP contribution in [0.3, 0.4) is 0 Å². The van der Waals surface area contributed by atoms with E-state index in [9.17, 15) is 0 Å². The van der Waals surface area contributed by atoms with Gasteiger partial charge in [0.15, 0.2) is 5.11 Å². The van der Waals surface area contributed by atoms with Crippen LogP contribution >= 0.6 is 12.2 Å². The van der Waals surface area contributed by atoms with Gasteiger partial charge in [0.05, 0.1) is 19.3 Å². The maximum atomic E-state index is 5.52. The lowest BCUT2D eigenvalue weighted by Gasteiger charge is -2.26. The fourth-order valence-electron chi connectivity index (χ4n) is 3.86. The average Bonchev–Trinajstić information content (AvgIpc) is 2.72. The number of nitrogens with zero attached hydrogens (tertiary/aromatic N) is 4. The molecular weight excluding hydrogens is 398 g/mol. The van der Waals surface area contributed by atoms with Crippen molar-refractivity contribution >= 4 is 29.2 Å². The van der Waals surface area contributed by atoms with Gasteiger partial charge in [0.1, 0.15) is 0 Å². The molecule has 0 aromatic carbocycles. The summed E-state index contributed by atoms with van der Waals surface area (Å²) < 4.78 is 5.40. The number of ether oxygens (including phenoxy) is 1. The number of hydrogen-bond donors (Lipinski definition) is 3. The topological polar surface area (TPSA) is 86.7 Å². The number of morpholine rings is 1. The van der Waals surface area contributed by atoms with E-state index in [1.807, 2.05) is 19.9 Å². The van der Waals surface area contributed by atoms with Crippen LogP contribution in [0.4, 0.5) is 5.95 Å². The molecule has 9 heteroatoms. The normalized spacial score (nSPS) is 18.8. The number of aromatic nitrogens is 2. The second-order valence-electron chi connectivity index (χ2n) is 8.06. The van der Waals surface area contributed by atoms with Gasteiger partial charge in [-0.1, -0.05) is 19.3 Å². The minimum atomic E-state index is 0.309. The third kappa shape index (κ3) is 8.12. The van der Waals surface area contributed by atoms with Crippen LogP contribution < -0.4 is 16.0 Å². The van der Waals surface area contributed by atoms with E-state index >= 15 is 0 Å². The molecule has 3 rings (SSSR count). The highest BCUT2D eigenvalue weighted by atomic mass is 32.1. The molecule has 30 heavy (non-hydrogen) atoms. The Labute approximate surface area is 185 Å². The number of guanidine groups is 1. The molecule has 1 aromatic rings. The van der Waals surface area contributed by atoms with Crippen molar-refractivity contribution in [3.05, 3.63) is 17.5 Å². The van der Waals surface area contributed by atoms with Crippen molar-refractivity contribution in [2.24, 2.45) is 4.99 Å². The monoisotopic (exact) mass is 433 g/mol. The molecule has 1 aromatic heterocycles. The zero-order valence-corrected chi connectivity index (χ0v) is 19.1. The predicted octanol–water partition coefficient (Wildman–Crippen LogP) is 2.38. The summed E-state index contributed by atoms with van der Waals surface area (Å²) in [6.45, 7) is 9.50. The summed E-state index contributed by atoms with van der Waals surface area (Å²) in [5.74, 6) is 1.17. The van der Waals surface area contributed by atoms with Gasteiger partial charge in [0, 0.05) is 31.0 Å². The maximum Gasteiger partial charge on any atom is 0.229 e. The number of aliphatic imine (C=N–C) groups is 1. The molecule has 2 heterocycles. The predicted molar refractivity (Wildman–Crippen MR) is 125 cm³/mol. The molecule has 0 unspecified atom stereocenters. The minimum Gasteiger partial charge on any atom is -0.379 e. The zero-order valence-electron chi connectivity index (χ0n) is 18.2. The highest BCUT2D eigenvalue weighted by molar-refractivity contribution is 7.80. The van der Waals surface area contributed by atoms with Crippen molar-refractivity contribution in [1.82, 2.24) is 25.5 Å². The van der Waals surface area contributed by atoms with Gasteiger partial charge in [-0.25, -0.2) is 15.0 Å². The summed E-state index contributed by atoms with van der Waals surface area (Å²) in [5.41, 5.74) is 1.84. The Morgan fingerprint density at radius 2 is 1.87 bits per heavy atom. The summed E-state index contributed by atoms with van der Waals surface area (Å²) in [6.07, 6.45) is 7.01. The Morgan fingerprint density at radius 3 is 2.57 bits per heavy atom. The van der Waals surface area contributed by atoms with E-state index in [1.165, 1.54) is 19.3 Å². The van der Waals surface area contributed by atoms with Gasteiger partial charge in [-0.05, 0) is 57.9 Å². The Morgan fingerprint density at radius 1 is 1.17 bits per heavy atom. The van der Waals surface area contributed by atoms with Gasteiger partial charge in [0.2, 0.25) is 11.9 Å². The van der Waals surface area contributed by atoms with E-state index in [4.69, 9.17) is 21.9 Å². The molecule has 8 nitrogen and oxygen atoms in total. The summed E-state index contributed by atoms with van der Waals surface area (Å²) >= 11 is 5.52. The number of hydrogen-bond acceptors (Lipinski definition) is 6. The number of rotatable bonds is 6. The van der Waals surface area contributed by atoms with Crippen LogP contribution in [0.25, 0.3) is 0 Å². The van der Waals surface area contributed by atoms with Gasteiger partial charge in [-0.15, -0.1) is 0 Å². The van der Waals surface area contributed by atoms with E-state index < -0.39 is 0 Å². The molecule has 2 aliphatic rings. The zero-order chi connectivity index (χ0) is 21.2. The summed E-state index contributed by atoms with van der Waals surface area (Å²) in [7, 11) is 0. The second kappa shape index (κ2) is 12.1. The first-order valence-electron chi connectivity index (χ1n) is 11.1. The van der Waals surface area contributed by atoms with Gasteiger partial charge in [0.25, 0.3) is 0 Å². The van der Waals surface area contributed by atoms with Crippen molar-refractivity contribution in [2.45, 2.75) is 58.4 Å². The molecule has 1 aliphatic carbocycles. The first-order valence-corrected chi connectivity index (χ1v) is 11.5. The van der Waals surface area contributed by atoms with Gasteiger partial charge >= 0.3 is 0 Å². The Bertz CT molecular complexity index is 695. The van der Waals surface area contributed by atoms with Gasteiger partial charge < -0.3 is 15.4 Å². The van der Waals surface area contributed by atoms with E-state index in [0.29, 0.717) is 23.1 Å². The molecule has 0 bridgehead atoms. The SMILES string of the molecule is Cc1cc(C)nc(NC(=NC2CCCCC2)NC(=S)NCCCN2CCOCC2)n1. The molecule has 0 radical (unpaired) electrons. The van der Waals surface area contributed by atoms with Crippen LogP contribution in [0.15, 0.2) is 11.1 Å². The quantitative estimate of drug-likeness (QED) is 0.273. The van der Waals surface area contributed by atoms with Crippen molar-refractivity contribution in [1.29, 1.82) is 0 Å². The first-order chi connectivity index (χ1) is 14.6. The highest BCUT2D eigenvalue weighted by Crippen LogP contribution is 2.20. The Hall–Kier alpha value is -1.84. The highest BCUT2D eigenvalue weighted by Gasteiger charge is 2.15. The van der Waals surface area contributed by atoms with Crippen molar-refractivity contribution in [2.75, 3.05) is 44.7 Å². The van der Waals surface area contributed by atoms with Crippen LogP contribution in [-0.2, 0) is 4.74 Å². The average molecular weight is 434 g/mol. The molecule has 166 valence electrons. The maximum absolute atomic E-state index is 5.52. The van der Waals surface area contributed by atoms with Crippen LogP contribution in [0.2, 0.25) is 0 Å². The molecule has 3 N–H and O–H groups in total. The van der Waals surface area contributed by atoms with Crippen LogP contribution in [0.1, 0.15) is 49.9 Å². The Balaban J connectivity index is 1.52.